The van der Waals surface area contributed by atoms with Crippen LogP contribution in [0.2, 0.25) is 0 Å². The monoisotopic (exact) mass is 245 g/mol. The highest BCUT2D eigenvalue weighted by molar-refractivity contribution is 5.77. The van der Waals surface area contributed by atoms with Crippen LogP contribution < -0.4 is 5.32 Å². The lowest BCUT2D eigenvalue weighted by atomic mass is 10.0. The summed E-state index contributed by atoms with van der Waals surface area (Å²) >= 11 is 0. The number of carbonyl (C=O) groups excluding carboxylic acids is 1. The number of aliphatic hydroxyl groups excluding tert-OH is 1. The topological polar surface area (TPSA) is 58.6 Å². The summed E-state index contributed by atoms with van der Waals surface area (Å²) in [5, 5.41) is 11.8. The summed E-state index contributed by atoms with van der Waals surface area (Å²) in [6.45, 7) is 8.78. The van der Waals surface area contributed by atoms with E-state index in [9.17, 15) is 4.79 Å². The van der Waals surface area contributed by atoms with Gasteiger partial charge in [0.15, 0.2) is 0 Å². The molecule has 0 aromatic carbocycles. The molecule has 0 saturated carbocycles. The fourth-order valence-corrected chi connectivity index (χ4v) is 1.53. The number of ether oxygens (including phenoxy) is 1. The summed E-state index contributed by atoms with van der Waals surface area (Å²) in [5.41, 5.74) is -0.286. The minimum atomic E-state index is -0.286. The number of rotatable bonds is 8. The first kappa shape index (κ1) is 16.4. The van der Waals surface area contributed by atoms with Gasteiger partial charge >= 0.3 is 0 Å². The smallest absolute Gasteiger partial charge is 0.246 e. The van der Waals surface area contributed by atoms with Crippen molar-refractivity contribution in [2.75, 3.05) is 19.8 Å². The lowest BCUT2D eigenvalue weighted by Crippen LogP contribution is -2.35. The fourth-order valence-electron chi connectivity index (χ4n) is 1.53. The van der Waals surface area contributed by atoms with Crippen LogP contribution in [-0.4, -0.2) is 36.4 Å². The molecular formula is C13H27NO3. The van der Waals surface area contributed by atoms with Crippen molar-refractivity contribution in [1.82, 2.24) is 5.32 Å². The molecule has 0 aromatic heterocycles. The van der Waals surface area contributed by atoms with Gasteiger partial charge in [-0.05, 0) is 39.5 Å². The Labute approximate surface area is 105 Å². The predicted octanol–water partition coefficient (Wildman–Crippen LogP) is 1.72. The normalized spacial score (nSPS) is 13.5. The molecule has 0 heterocycles. The van der Waals surface area contributed by atoms with Crippen LogP contribution in [0.15, 0.2) is 0 Å². The van der Waals surface area contributed by atoms with Crippen molar-refractivity contribution in [2.24, 2.45) is 5.92 Å². The third kappa shape index (κ3) is 10.3. The molecule has 4 nitrogen and oxygen atoms in total. The average molecular weight is 245 g/mol. The molecule has 0 bridgehead atoms. The Hall–Kier alpha value is -0.610. The van der Waals surface area contributed by atoms with Crippen molar-refractivity contribution in [3.63, 3.8) is 0 Å². The molecule has 1 amide bonds. The van der Waals surface area contributed by atoms with Gasteiger partial charge in [0.1, 0.15) is 6.61 Å². The van der Waals surface area contributed by atoms with Crippen LogP contribution in [0.4, 0.5) is 0 Å². The molecule has 0 spiro atoms. The molecule has 4 heteroatoms. The highest BCUT2D eigenvalue weighted by atomic mass is 16.5. The Balaban J connectivity index is 3.79. The van der Waals surface area contributed by atoms with E-state index in [0.717, 1.165) is 19.3 Å². The van der Waals surface area contributed by atoms with E-state index >= 15 is 0 Å². The van der Waals surface area contributed by atoms with Gasteiger partial charge < -0.3 is 15.2 Å². The summed E-state index contributed by atoms with van der Waals surface area (Å²) in [6, 6.07) is 0. The maximum atomic E-state index is 11.5. The van der Waals surface area contributed by atoms with Gasteiger partial charge in [-0.3, -0.25) is 4.79 Å². The molecule has 0 aliphatic heterocycles. The van der Waals surface area contributed by atoms with Crippen LogP contribution in [0.25, 0.3) is 0 Å². The number of aliphatic hydroxyl groups is 1. The second-order valence-corrected chi connectivity index (χ2v) is 5.37. The molecule has 2 N–H and O–H groups in total. The molecule has 0 rings (SSSR count). The van der Waals surface area contributed by atoms with E-state index < -0.39 is 0 Å². The van der Waals surface area contributed by atoms with Gasteiger partial charge in [-0.2, -0.15) is 0 Å². The molecule has 0 saturated heterocycles. The first-order chi connectivity index (χ1) is 7.89. The summed E-state index contributed by atoms with van der Waals surface area (Å²) in [4.78, 5) is 11.5. The first-order valence-electron chi connectivity index (χ1n) is 6.40. The van der Waals surface area contributed by atoms with E-state index in [1.807, 2.05) is 20.8 Å². The third-order valence-corrected chi connectivity index (χ3v) is 2.46. The second kappa shape index (κ2) is 8.48. The number of hydrogen-bond donors (Lipinski definition) is 2. The molecule has 0 aliphatic carbocycles. The average Bonchev–Trinajstić information content (AvgIpc) is 2.23. The van der Waals surface area contributed by atoms with Crippen molar-refractivity contribution >= 4 is 5.91 Å². The Bertz CT molecular complexity index is 205. The van der Waals surface area contributed by atoms with Crippen LogP contribution in [0, 0.1) is 5.92 Å². The summed E-state index contributed by atoms with van der Waals surface area (Å²) in [7, 11) is 0. The van der Waals surface area contributed by atoms with Gasteiger partial charge in [0, 0.05) is 13.2 Å². The maximum absolute atomic E-state index is 11.5. The lowest BCUT2D eigenvalue weighted by molar-refractivity contribution is -0.130. The zero-order valence-corrected chi connectivity index (χ0v) is 11.6. The van der Waals surface area contributed by atoms with E-state index in [-0.39, 0.29) is 24.7 Å². The van der Waals surface area contributed by atoms with Gasteiger partial charge in [-0.1, -0.05) is 13.3 Å². The highest BCUT2D eigenvalue weighted by Crippen LogP contribution is 2.09. The van der Waals surface area contributed by atoms with E-state index in [2.05, 4.69) is 12.2 Å². The molecule has 17 heavy (non-hydrogen) atoms. The molecule has 1 unspecified atom stereocenters. The van der Waals surface area contributed by atoms with Gasteiger partial charge in [-0.25, -0.2) is 0 Å². The Morgan fingerprint density at radius 1 is 1.35 bits per heavy atom. The SMILES string of the molecule is CCCC(CCO)CNC(=O)COC(C)(C)C. The standard InChI is InChI=1S/C13H27NO3/c1-5-6-11(7-8-15)9-14-12(16)10-17-13(2,3)4/h11,15H,5-10H2,1-4H3,(H,14,16). The fraction of sp³-hybridized carbons (Fsp3) is 0.923. The van der Waals surface area contributed by atoms with Gasteiger partial charge in [0.2, 0.25) is 5.91 Å². The van der Waals surface area contributed by atoms with Crippen LogP contribution in [0.5, 0.6) is 0 Å². The van der Waals surface area contributed by atoms with Gasteiger partial charge in [-0.15, -0.1) is 0 Å². The molecule has 0 aliphatic rings. The Morgan fingerprint density at radius 2 is 2.00 bits per heavy atom. The number of nitrogens with one attached hydrogen (secondary N) is 1. The minimum absolute atomic E-state index is 0.0843. The maximum Gasteiger partial charge on any atom is 0.246 e. The van der Waals surface area contributed by atoms with Crippen molar-refractivity contribution in [1.29, 1.82) is 0 Å². The number of hydrogen-bond acceptors (Lipinski definition) is 3. The molecular weight excluding hydrogens is 218 g/mol. The van der Waals surface area contributed by atoms with E-state index in [1.54, 1.807) is 0 Å². The molecule has 0 aromatic rings. The quantitative estimate of drug-likeness (QED) is 0.684. The van der Waals surface area contributed by atoms with Crippen LogP contribution in [0.3, 0.4) is 0 Å². The number of amides is 1. The molecule has 102 valence electrons. The lowest BCUT2D eigenvalue weighted by Gasteiger charge is -2.20. The summed E-state index contributed by atoms with van der Waals surface area (Å²) in [6.07, 6.45) is 2.84. The second-order valence-electron chi connectivity index (χ2n) is 5.37. The molecule has 0 fully saturated rings. The summed E-state index contributed by atoms with van der Waals surface area (Å²) < 4.78 is 5.38. The Morgan fingerprint density at radius 3 is 2.47 bits per heavy atom. The van der Waals surface area contributed by atoms with E-state index in [4.69, 9.17) is 9.84 Å². The predicted molar refractivity (Wildman–Crippen MR) is 68.8 cm³/mol. The molecule has 1 atom stereocenters. The van der Waals surface area contributed by atoms with Gasteiger partial charge in [0.25, 0.3) is 0 Å². The van der Waals surface area contributed by atoms with Crippen molar-refractivity contribution < 1.29 is 14.6 Å². The van der Waals surface area contributed by atoms with Crippen molar-refractivity contribution in [2.45, 2.75) is 52.6 Å². The molecule has 0 radical (unpaired) electrons. The Kier molecular flexibility index (Phi) is 8.17. The van der Waals surface area contributed by atoms with E-state index in [1.165, 1.54) is 0 Å². The summed E-state index contributed by atoms with van der Waals surface area (Å²) in [5.74, 6) is 0.280. The van der Waals surface area contributed by atoms with Crippen LogP contribution >= 0.6 is 0 Å². The van der Waals surface area contributed by atoms with Gasteiger partial charge in [0.05, 0.1) is 5.60 Å². The highest BCUT2D eigenvalue weighted by Gasteiger charge is 2.14. The van der Waals surface area contributed by atoms with Crippen LogP contribution in [-0.2, 0) is 9.53 Å². The number of carbonyl (C=O) groups is 1. The van der Waals surface area contributed by atoms with Crippen LogP contribution in [0.1, 0.15) is 47.0 Å². The largest absolute Gasteiger partial charge is 0.396 e. The zero-order chi connectivity index (χ0) is 13.3. The van der Waals surface area contributed by atoms with E-state index in [0.29, 0.717) is 12.5 Å². The van der Waals surface area contributed by atoms with Crippen molar-refractivity contribution in [3.05, 3.63) is 0 Å². The minimum Gasteiger partial charge on any atom is -0.396 e. The third-order valence-electron chi connectivity index (χ3n) is 2.46. The zero-order valence-electron chi connectivity index (χ0n) is 11.6. The van der Waals surface area contributed by atoms with Crippen molar-refractivity contribution in [3.8, 4) is 0 Å². The first-order valence-corrected chi connectivity index (χ1v) is 6.40.